The molecule has 0 aliphatic heterocycles. The van der Waals surface area contributed by atoms with E-state index in [4.69, 9.17) is 4.74 Å². The molecule has 1 heterocycles. The van der Waals surface area contributed by atoms with Crippen molar-refractivity contribution in [1.82, 2.24) is 20.2 Å². The number of hydrogen-bond acceptors (Lipinski definition) is 5. The Hall–Kier alpha value is -2.38. The lowest BCUT2D eigenvalue weighted by Gasteiger charge is -2.11. The summed E-state index contributed by atoms with van der Waals surface area (Å²) < 4.78 is 7.69. The van der Waals surface area contributed by atoms with Gasteiger partial charge in [0.2, 0.25) is 5.16 Å². The lowest BCUT2D eigenvalue weighted by atomic mass is 10.2. The van der Waals surface area contributed by atoms with Crippen molar-refractivity contribution < 1.29 is 10.1 Å². The van der Waals surface area contributed by atoms with E-state index in [9.17, 15) is 0 Å². The van der Waals surface area contributed by atoms with E-state index in [1.807, 2.05) is 37.4 Å². The molecule has 0 aliphatic carbocycles. The zero-order valence-corrected chi connectivity index (χ0v) is 15.0. The Balaban J connectivity index is 1.45. The number of nitrogens with two attached hydrogens (primary N) is 1. The van der Waals surface area contributed by atoms with Crippen molar-refractivity contribution in [2.75, 3.05) is 12.3 Å². The largest absolute Gasteiger partial charge is 0.488 e. The van der Waals surface area contributed by atoms with E-state index < -0.39 is 0 Å². The van der Waals surface area contributed by atoms with E-state index in [-0.39, 0.29) is 0 Å². The van der Waals surface area contributed by atoms with Crippen molar-refractivity contribution in [2.24, 2.45) is 7.05 Å². The number of rotatable bonds is 9. The molecule has 0 radical (unpaired) electrons. The van der Waals surface area contributed by atoms with Gasteiger partial charge in [0.1, 0.15) is 18.9 Å². The standard InChI is InChI=1S/C18H21N5OS/c1-23-18(20-21-22-23)25-12-11-19-13-16-9-5-6-10-17(16)24-14-15-7-3-2-4-8-15/h2-10,19H,11-14H2,1H3/p+1. The van der Waals surface area contributed by atoms with Crippen LogP contribution >= 0.6 is 11.8 Å². The Morgan fingerprint density at radius 2 is 1.88 bits per heavy atom. The normalized spacial score (nSPS) is 10.8. The first-order chi connectivity index (χ1) is 12.3. The van der Waals surface area contributed by atoms with Crippen LogP contribution in [0.4, 0.5) is 0 Å². The third-order valence-electron chi connectivity index (χ3n) is 3.71. The molecule has 0 saturated heterocycles. The van der Waals surface area contributed by atoms with Gasteiger partial charge < -0.3 is 10.1 Å². The fourth-order valence-corrected chi connectivity index (χ4v) is 3.17. The summed E-state index contributed by atoms with van der Waals surface area (Å²) in [4.78, 5) is 0. The summed E-state index contributed by atoms with van der Waals surface area (Å²) >= 11 is 1.66. The molecule has 0 saturated carbocycles. The van der Waals surface area contributed by atoms with Crippen LogP contribution in [0.1, 0.15) is 11.1 Å². The van der Waals surface area contributed by atoms with Gasteiger partial charge in [-0.15, -0.1) is 5.10 Å². The number of benzene rings is 2. The summed E-state index contributed by atoms with van der Waals surface area (Å²) in [5.74, 6) is 1.91. The molecule has 0 bridgehead atoms. The van der Waals surface area contributed by atoms with Crippen LogP contribution < -0.4 is 10.1 Å². The molecule has 6 nitrogen and oxygen atoms in total. The number of ether oxygens (including phenoxy) is 1. The smallest absolute Gasteiger partial charge is 0.209 e. The van der Waals surface area contributed by atoms with Gasteiger partial charge in [0.15, 0.2) is 0 Å². The number of tetrazole rings is 1. The summed E-state index contributed by atoms with van der Waals surface area (Å²) in [6, 6.07) is 18.5. The number of para-hydroxylation sites is 1. The Bertz CT molecular complexity index is 778. The Kier molecular flexibility index (Phi) is 6.42. The van der Waals surface area contributed by atoms with Gasteiger partial charge in [-0.3, -0.25) is 0 Å². The molecule has 130 valence electrons. The van der Waals surface area contributed by atoms with Gasteiger partial charge in [-0.05, 0) is 28.1 Å². The van der Waals surface area contributed by atoms with Crippen LogP contribution in [0.3, 0.4) is 0 Å². The second-order valence-electron chi connectivity index (χ2n) is 5.60. The van der Waals surface area contributed by atoms with Crippen LogP contribution in [0.25, 0.3) is 0 Å². The molecule has 0 spiro atoms. The molecule has 2 N–H and O–H groups in total. The maximum absolute atomic E-state index is 6.00. The average molecular weight is 356 g/mol. The molecular weight excluding hydrogens is 334 g/mol. The van der Waals surface area contributed by atoms with Gasteiger partial charge in [0.25, 0.3) is 0 Å². The zero-order chi connectivity index (χ0) is 17.3. The first-order valence-corrected chi connectivity index (χ1v) is 9.23. The highest BCUT2D eigenvalue weighted by Gasteiger charge is 2.06. The van der Waals surface area contributed by atoms with Crippen LogP contribution in [-0.4, -0.2) is 32.5 Å². The molecular formula is C18H22N5OS+. The SMILES string of the molecule is Cn1nnnc1SCC[NH2+]Cc1ccccc1OCc1ccccc1. The quantitative estimate of drug-likeness (QED) is 0.466. The summed E-state index contributed by atoms with van der Waals surface area (Å²) in [6.07, 6.45) is 0. The molecule has 0 aliphatic rings. The van der Waals surface area contributed by atoms with Crippen molar-refractivity contribution >= 4 is 11.8 Å². The molecule has 1 aromatic heterocycles. The fraction of sp³-hybridized carbons (Fsp3) is 0.278. The summed E-state index contributed by atoms with van der Waals surface area (Å²) in [5, 5.41) is 14.6. The minimum absolute atomic E-state index is 0.590. The maximum Gasteiger partial charge on any atom is 0.209 e. The first kappa shape index (κ1) is 17.4. The Labute approximate surface area is 151 Å². The second-order valence-corrected chi connectivity index (χ2v) is 6.66. The Morgan fingerprint density at radius 1 is 1.08 bits per heavy atom. The van der Waals surface area contributed by atoms with Crippen LogP contribution in [0, 0.1) is 0 Å². The zero-order valence-electron chi connectivity index (χ0n) is 14.2. The van der Waals surface area contributed by atoms with Crippen LogP contribution in [0.2, 0.25) is 0 Å². The molecule has 0 unspecified atom stereocenters. The van der Waals surface area contributed by atoms with Gasteiger partial charge in [-0.1, -0.05) is 54.2 Å². The van der Waals surface area contributed by atoms with Crippen molar-refractivity contribution in [3.8, 4) is 5.75 Å². The number of thioether (sulfide) groups is 1. The second kappa shape index (κ2) is 9.19. The van der Waals surface area contributed by atoms with E-state index in [1.54, 1.807) is 16.4 Å². The molecule has 0 atom stereocenters. The summed E-state index contributed by atoms with van der Waals surface area (Å²) in [7, 11) is 1.85. The first-order valence-electron chi connectivity index (χ1n) is 8.24. The maximum atomic E-state index is 6.00. The van der Waals surface area contributed by atoms with Crippen LogP contribution in [-0.2, 0) is 20.2 Å². The van der Waals surface area contributed by atoms with Gasteiger partial charge in [-0.2, -0.15) is 0 Å². The third-order valence-corrected chi connectivity index (χ3v) is 4.75. The van der Waals surface area contributed by atoms with Gasteiger partial charge in [0, 0.05) is 12.6 Å². The van der Waals surface area contributed by atoms with Gasteiger partial charge >= 0.3 is 0 Å². The van der Waals surface area contributed by atoms with Crippen molar-refractivity contribution in [1.29, 1.82) is 0 Å². The minimum Gasteiger partial charge on any atom is -0.488 e. The van der Waals surface area contributed by atoms with Crippen LogP contribution in [0.15, 0.2) is 59.8 Å². The average Bonchev–Trinajstić information content (AvgIpc) is 3.06. The molecule has 0 amide bonds. The fourth-order valence-electron chi connectivity index (χ4n) is 2.38. The highest BCUT2D eigenvalue weighted by molar-refractivity contribution is 7.99. The van der Waals surface area contributed by atoms with Crippen molar-refractivity contribution in [3.63, 3.8) is 0 Å². The topological polar surface area (TPSA) is 69.4 Å². The number of hydrogen-bond donors (Lipinski definition) is 1. The highest BCUT2D eigenvalue weighted by atomic mass is 32.2. The van der Waals surface area contributed by atoms with E-state index in [0.29, 0.717) is 6.61 Å². The van der Waals surface area contributed by atoms with E-state index in [0.717, 1.165) is 29.7 Å². The van der Waals surface area contributed by atoms with Crippen molar-refractivity contribution in [2.45, 2.75) is 18.3 Å². The van der Waals surface area contributed by atoms with Crippen molar-refractivity contribution in [3.05, 3.63) is 65.7 Å². The molecule has 3 rings (SSSR count). The van der Waals surface area contributed by atoms with E-state index in [1.165, 1.54) is 11.1 Å². The molecule has 2 aromatic carbocycles. The number of nitrogens with zero attached hydrogens (tertiary/aromatic N) is 4. The van der Waals surface area contributed by atoms with E-state index >= 15 is 0 Å². The van der Waals surface area contributed by atoms with Crippen LogP contribution in [0.5, 0.6) is 5.75 Å². The predicted molar refractivity (Wildman–Crippen MR) is 97.2 cm³/mol. The lowest BCUT2D eigenvalue weighted by molar-refractivity contribution is -0.666. The third kappa shape index (κ3) is 5.30. The minimum atomic E-state index is 0.590. The molecule has 25 heavy (non-hydrogen) atoms. The van der Waals surface area contributed by atoms with E-state index in [2.05, 4.69) is 45.1 Å². The number of aryl methyl sites for hydroxylation is 1. The van der Waals surface area contributed by atoms with Gasteiger partial charge in [-0.25, -0.2) is 4.68 Å². The molecule has 7 heteroatoms. The molecule has 3 aromatic rings. The lowest BCUT2D eigenvalue weighted by Crippen LogP contribution is -2.83. The predicted octanol–water partition coefficient (Wildman–Crippen LogP) is 1.64. The molecule has 0 fully saturated rings. The highest BCUT2D eigenvalue weighted by Crippen LogP contribution is 2.18. The number of quaternary nitrogens is 1. The Morgan fingerprint density at radius 3 is 2.68 bits per heavy atom. The summed E-state index contributed by atoms with van der Waals surface area (Å²) in [5.41, 5.74) is 2.39. The monoisotopic (exact) mass is 356 g/mol. The summed E-state index contributed by atoms with van der Waals surface area (Å²) in [6.45, 7) is 2.47. The number of aromatic nitrogens is 4. The van der Waals surface area contributed by atoms with Gasteiger partial charge in [0.05, 0.1) is 12.3 Å².